The first-order valence-electron chi connectivity index (χ1n) is 4.73. The van der Waals surface area contributed by atoms with Crippen LogP contribution in [0.5, 0.6) is 0 Å². The lowest BCUT2D eigenvalue weighted by molar-refractivity contribution is 0.540. The number of hydrogen-bond donors (Lipinski definition) is 0. The Morgan fingerprint density at radius 1 is 1.33 bits per heavy atom. The van der Waals surface area contributed by atoms with Crippen molar-refractivity contribution in [3.05, 3.63) is 11.6 Å². The van der Waals surface area contributed by atoms with E-state index in [-0.39, 0.29) is 0 Å². The highest BCUT2D eigenvalue weighted by atomic mass is 31.1. The van der Waals surface area contributed by atoms with Gasteiger partial charge in [0.05, 0.1) is 0 Å². The molecule has 0 fully saturated rings. The zero-order valence-electron chi connectivity index (χ0n) is 9.36. The molecule has 0 aliphatic carbocycles. The van der Waals surface area contributed by atoms with Gasteiger partial charge in [0, 0.05) is 0 Å². The van der Waals surface area contributed by atoms with Gasteiger partial charge in [-0.25, -0.2) is 0 Å². The maximum Gasteiger partial charge on any atom is -0.0142 e. The molecule has 0 nitrogen and oxygen atoms in total. The molecule has 1 unspecified atom stereocenters. The van der Waals surface area contributed by atoms with Crippen LogP contribution in [0.2, 0.25) is 0 Å². The average Bonchev–Trinajstić information content (AvgIpc) is 1.79. The van der Waals surface area contributed by atoms with Gasteiger partial charge in [0.25, 0.3) is 0 Å². The van der Waals surface area contributed by atoms with Crippen LogP contribution in [0.15, 0.2) is 11.6 Å². The van der Waals surface area contributed by atoms with Gasteiger partial charge in [0.2, 0.25) is 0 Å². The summed E-state index contributed by atoms with van der Waals surface area (Å²) in [5, 5.41) is 0. The third-order valence-corrected chi connectivity index (χ3v) is 3.05. The minimum Gasteiger partial charge on any atom is -0.115 e. The lowest BCUT2D eigenvalue weighted by Crippen LogP contribution is -2.01. The van der Waals surface area contributed by atoms with Gasteiger partial charge in [-0.1, -0.05) is 46.3 Å². The normalized spacial score (nSPS) is 15.1. The maximum atomic E-state index is 2.39. The molecule has 0 aromatic carbocycles. The highest BCUT2D eigenvalue weighted by Gasteiger charge is 2.06. The predicted molar refractivity (Wildman–Crippen MR) is 61.5 cm³/mol. The van der Waals surface area contributed by atoms with E-state index in [0.29, 0.717) is 5.41 Å². The largest absolute Gasteiger partial charge is 0.115 e. The third-order valence-electron chi connectivity index (χ3n) is 1.47. The molecule has 0 bridgehead atoms. The van der Waals surface area contributed by atoms with Crippen LogP contribution in [0.3, 0.4) is 0 Å². The molecule has 12 heavy (non-hydrogen) atoms. The molecule has 0 aromatic heterocycles. The van der Waals surface area contributed by atoms with E-state index in [0.717, 1.165) is 14.2 Å². The van der Waals surface area contributed by atoms with E-state index in [4.69, 9.17) is 0 Å². The fourth-order valence-corrected chi connectivity index (χ4v) is 1.99. The molecule has 0 spiro atoms. The second kappa shape index (κ2) is 5.02. The van der Waals surface area contributed by atoms with E-state index in [1.165, 1.54) is 6.16 Å². The van der Waals surface area contributed by atoms with Gasteiger partial charge in [0.15, 0.2) is 0 Å². The average molecular weight is 186 g/mol. The second-order valence-electron chi connectivity index (χ2n) is 4.89. The number of rotatable bonds is 3. The van der Waals surface area contributed by atoms with Gasteiger partial charge in [-0.2, -0.15) is 0 Å². The van der Waals surface area contributed by atoms with Gasteiger partial charge in [-0.05, 0) is 24.2 Å². The van der Waals surface area contributed by atoms with Crippen molar-refractivity contribution in [2.24, 2.45) is 5.41 Å². The minimum atomic E-state index is 0.353. The van der Waals surface area contributed by atoms with Crippen molar-refractivity contribution in [2.45, 2.75) is 47.2 Å². The second-order valence-corrected chi connectivity index (χ2v) is 6.81. The molecule has 0 amide bonds. The first-order chi connectivity index (χ1) is 5.31. The lowest BCUT2D eigenvalue weighted by Gasteiger charge is -2.14. The molecule has 0 saturated heterocycles. The van der Waals surface area contributed by atoms with Crippen molar-refractivity contribution >= 4 is 8.58 Å². The summed E-state index contributed by atoms with van der Waals surface area (Å²) in [5.74, 6) is 0. The van der Waals surface area contributed by atoms with Gasteiger partial charge < -0.3 is 0 Å². The smallest absolute Gasteiger partial charge is 0.0142 e. The maximum absolute atomic E-state index is 2.39. The Labute approximate surface area is 79.6 Å². The van der Waals surface area contributed by atoms with Gasteiger partial charge in [-0.3, -0.25) is 0 Å². The van der Waals surface area contributed by atoms with Crippen molar-refractivity contribution in [1.82, 2.24) is 0 Å². The first kappa shape index (κ1) is 12.2. The summed E-state index contributed by atoms with van der Waals surface area (Å²) in [5.41, 5.74) is 2.76. The van der Waals surface area contributed by atoms with Crippen LogP contribution < -0.4 is 0 Å². The van der Waals surface area contributed by atoms with E-state index in [1.54, 1.807) is 5.57 Å². The van der Waals surface area contributed by atoms with Gasteiger partial charge in [0.1, 0.15) is 0 Å². The number of hydrogen-bond acceptors (Lipinski definition) is 0. The van der Waals surface area contributed by atoms with E-state index in [1.807, 2.05) is 0 Å². The Bertz CT molecular complexity index is 149. The van der Waals surface area contributed by atoms with E-state index in [2.05, 4.69) is 47.6 Å². The summed E-state index contributed by atoms with van der Waals surface area (Å²) < 4.78 is 0. The Balaban J connectivity index is 3.87. The molecule has 72 valence electrons. The van der Waals surface area contributed by atoms with Crippen molar-refractivity contribution in [1.29, 1.82) is 0 Å². The van der Waals surface area contributed by atoms with Crippen molar-refractivity contribution in [3.8, 4) is 0 Å². The fourth-order valence-electron chi connectivity index (χ4n) is 1.16. The van der Waals surface area contributed by atoms with Gasteiger partial charge >= 0.3 is 0 Å². The van der Waals surface area contributed by atoms with Crippen molar-refractivity contribution in [3.63, 3.8) is 0 Å². The molecule has 0 aromatic rings. The fraction of sp³-hybridized carbons (Fsp3) is 0.818. The lowest BCUT2D eigenvalue weighted by atomic mass is 9.94. The van der Waals surface area contributed by atoms with Crippen LogP contribution in [0, 0.1) is 5.41 Å². The zero-order valence-corrected chi connectivity index (χ0v) is 10.4. The molecule has 1 heteroatoms. The Hall–Kier alpha value is 0.170. The van der Waals surface area contributed by atoms with Crippen LogP contribution in [0.4, 0.5) is 0 Å². The highest BCUT2D eigenvalue weighted by molar-refractivity contribution is 7.39. The van der Waals surface area contributed by atoms with Crippen LogP contribution in [0.1, 0.15) is 41.5 Å². The molecule has 0 N–H and O–H groups in total. The van der Waals surface area contributed by atoms with Crippen LogP contribution >= 0.6 is 8.58 Å². The Kier molecular flexibility index (Phi) is 5.09. The molecular formula is C11H23P. The molecule has 0 aliphatic rings. The van der Waals surface area contributed by atoms with E-state index < -0.39 is 0 Å². The van der Waals surface area contributed by atoms with Crippen LogP contribution in [-0.2, 0) is 0 Å². The summed E-state index contributed by atoms with van der Waals surface area (Å²) in [6.45, 7) is 13.6. The number of allylic oxidation sites excluding steroid dienone is 2. The summed E-state index contributed by atoms with van der Waals surface area (Å²) in [6, 6.07) is 0. The minimum absolute atomic E-state index is 0.353. The Morgan fingerprint density at radius 3 is 2.17 bits per heavy atom. The molecule has 0 aliphatic heterocycles. The molecule has 0 rings (SSSR count). The highest BCUT2D eigenvalue weighted by Crippen LogP contribution is 2.24. The molecular weight excluding hydrogens is 163 g/mol. The first-order valence-corrected chi connectivity index (χ1v) is 6.01. The quantitative estimate of drug-likeness (QED) is 0.460. The zero-order chi connectivity index (χ0) is 9.78. The van der Waals surface area contributed by atoms with Crippen LogP contribution in [-0.4, -0.2) is 11.8 Å². The van der Waals surface area contributed by atoms with Crippen LogP contribution in [0.25, 0.3) is 0 Å². The standard InChI is InChI=1S/C11H23P/c1-9(2)12-8-10(3)7-11(4,5)6/h7,9,12H,8H2,1-6H3/b10-7-. The summed E-state index contributed by atoms with van der Waals surface area (Å²) in [7, 11) is 1.09. The van der Waals surface area contributed by atoms with Gasteiger partial charge in [-0.15, -0.1) is 8.58 Å². The molecule has 1 atom stereocenters. The summed E-state index contributed by atoms with van der Waals surface area (Å²) in [4.78, 5) is 0. The molecule has 0 radical (unpaired) electrons. The topological polar surface area (TPSA) is 0 Å². The molecule has 0 saturated carbocycles. The monoisotopic (exact) mass is 186 g/mol. The summed E-state index contributed by atoms with van der Waals surface area (Å²) in [6.07, 6.45) is 3.68. The van der Waals surface area contributed by atoms with E-state index >= 15 is 0 Å². The SMILES string of the molecule is C/C(=C/C(C)(C)C)CPC(C)C. The third kappa shape index (κ3) is 8.27. The van der Waals surface area contributed by atoms with Crippen molar-refractivity contribution < 1.29 is 0 Å². The molecule has 0 heterocycles. The summed E-state index contributed by atoms with van der Waals surface area (Å²) >= 11 is 0. The van der Waals surface area contributed by atoms with Crippen molar-refractivity contribution in [2.75, 3.05) is 6.16 Å². The Morgan fingerprint density at radius 2 is 1.83 bits per heavy atom. The predicted octanol–water partition coefficient (Wildman–Crippen LogP) is 4.07. The van der Waals surface area contributed by atoms with E-state index in [9.17, 15) is 0 Å².